The van der Waals surface area contributed by atoms with Crippen molar-refractivity contribution in [3.05, 3.63) is 59.4 Å². The van der Waals surface area contributed by atoms with Crippen LogP contribution in [-0.2, 0) is 19.8 Å². The fourth-order valence-electron chi connectivity index (χ4n) is 3.47. The van der Waals surface area contributed by atoms with E-state index in [1.165, 1.54) is 36.8 Å². The number of halogens is 4. The summed E-state index contributed by atoms with van der Waals surface area (Å²) in [6, 6.07) is 1.72. The lowest BCUT2D eigenvalue weighted by atomic mass is 9.97. The van der Waals surface area contributed by atoms with Crippen LogP contribution in [0.5, 0.6) is 0 Å². The number of rotatable bonds is 8. The zero-order valence-corrected chi connectivity index (χ0v) is 24.1. The van der Waals surface area contributed by atoms with Crippen molar-refractivity contribution in [2.24, 2.45) is 18.1 Å². The zero-order chi connectivity index (χ0) is 29.3. The maximum absolute atomic E-state index is 13.0. The second kappa shape index (κ2) is 14.2. The summed E-state index contributed by atoms with van der Waals surface area (Å²) in [6.07, 6.45) is -1.05. The number of aromatic nitrogens is 3. The number of nitrogens with zero attached hydrogens (tertiary/aromatic N) is 5. The van der Waals surface area contributed by atoms with Crippen LogP contribution in [-0.4, -0.2) is 38.7 Å². The molecule has 1 unspecified atom stereocenters. The number of hydrogen-bond acceptors (Lipinski definition) is 7. The van der Waals surface area contributed by atoms with Gasteiger partial charge in [0.2, 0.25) is 0 Å². The van der Waals surface area contributed by atoms with Crippen molar-refractivity contribution >= 4 is 51.8 Å². The van der Waals surface area contributed by atoms with E-state index < -0.39 is 28.4 Å². The number of alkyl halides is 3. The van der Waals surface area contributed by atoms with E-state index >= 15 is 0 Å². The van der Waals surface area contributed by atoms with Gasteiger partial charge in [-0.15, -0.1) is 22.7 Å². The minimum Gasteiger partial charge on any atom is -0.354 e. The molecule has 3 aromatic rings. The fourth-order valence-corrected chi connectivity index (χ4v) is 5.31. The topological polar surface area (TPSA) is 139 Å². The van der Waals surface area contributed by atoms with Gasteiger partial charge in [-0.25, -0.2) is 15.1 Å². The number of guanidine groups is 1. The van der Waals surface area contributed by atoms with Gasteiger partial charge in [0.15, 0.2) is 15.2 Å². The predicted molar refractivity (Wildman–Crippen MR) is 146 cm³/mol. The number of carbonyl (C=O) groups is 1. The molecule has 3 aromatic heterocycles. The van der Waals surface area contributed by atoms with Crippen LogP contribution in [0.3, 0.4) is 0 Å². The molecule has 214 valence electrons. The van der Waals surface area contributed by atoms with Crippen LogP contribution in [0.2, 0.25) is 4.47 Å². The summed E-state index contributed by atoms with van der Waals surface area (Å²) in [6.45, 7) is 6.64. The van der Waals surface area contributed by atoms with Crippen molar-refractivity contribution in [1.82, 2.24) is 25.4 Å². The summed E-state index contributed by atoms with van der Waals surface area (Å²) >= 11 is 8.41. The summed E-state index contributed by atoms with van der Waals surface area (Å²) in [5.41, 5.74) is -1.08. The Labute approximate surface area is 235 Å². The average Bonchev–Trinajstić information content (AvgIpc) is 3.56. The number of nitrogens with one attached hydrogen (secondary N) is 3. The average molecular weight is 609 g/mol. The van der Waals surface area contributed by atoms with Crippen molar-refractivity contribution in [2.45, 2.75) is 45.8 Å². The van der Waals surface area contributed by atoms with Gasteiger partial charge in [-0.1, -0.05) is 32.4 Å². The first-order valence-corrected chi connectivity index (χ1v) is 13.5. The smallest absolute Gasteiger partial charge is 0.354 e. The lowest BCUT2D eigenvalue weighted by molar-refractivity contribution is -0.485. The molecule has 0 spiro atoms. The first-order valence-electron chi connectivity index (χ1n) is 11.5. The van der Waals surface area contributed by atoms with Gasteiger partial charge in [0.25, 0.3) is 11.9 Å². The van der Waals surface area contributed by atoms with Gasteiger partial charge in [0.1, 0.15) is 5.10 Å². The number of hydrazone groups is 1. The summed E-state index contributed by atoms with van der Waals surface area (Å²) in [5.74, 6) is -0.00608. The summed E-state index contributed by atoms with van der Waals surface area (Å²) in [4.78, 5) is 28.1. The largest absolute Gasteiger partial charge is 0.435 e. The number of thiazole rings is 1. The van der Waals surface area contributed by atoms with E-state index in [4.69, 9.17) is 11.6 Å². The molecule has 17 heteroatoms. The molecule has 1 amide bonds. The molecule has 3 N–H and O–H groups in total. The molecule has 3 rings (SSSR count). The number of nitro groups is 1. The molecule has 0 bridgehead atoms. The van der Waals surface area contributed by atoms with Crippen LogP contribution in [0.15, 0.2) is 28.9 Å². The predicted octanol–water partition coefficient (Wildman–Crippen LogP) is 5.56. The van der Waals surface area contributed by atoms with Gasteiger partial charge in [0.05, 0.1) is 17.8 Å². The summed E-state index contributed by atoms with van der Waals surface area (Å²) in [5, 5.41) is 25.5. The Balaban J connectivity index is 0.000000306. The molecule has 0 aromatic carbocycles. The highest BCUT2D eigenvalue weighted by Crippen LogP contribution is 2.35. The number of hydrogen-bond donors (Lipinski definition) is 3. The molecule has 0 saturated heterocycles. The standard InChI is InChI=1S/C16H20F3N3OS.C6H8ClN5O2S/c1-9(2)7-10(3)13-12(5-6-24-13)20-15(23)11-8-22(4)21-14(11)16(17,18)19;1-8-6(11-12(13)14)10-3-4-2-9-5(7)15-4/h5-6,8-10H,7H2,1-4H3,(H,20,23);2H,3H2,1H3,(H2,8,10,11). The Morgan fingerprint density at radius 2 is 2.03 bits per heavy atom. The quantitative estimate of drug-likeness (QED) is 0.132. The van der Waals surface area contributed by atoms with Crippen molar-refractivity contribution < 1.29 is 23.0 Å². The van der Waals surface area contributed by atoms with Crippen molar-refractivity contribution in [2.75, 3.05) is 12.4 Å². The highest BCUT2D eigenvalue weighted by molar-refractivity contribution is 7.15. The Hall–Kier alpha value is -3.24. The second-order valence-corrected chi connectivity index (χ2v) is 11.3. The molecule has 0 aliphatic heterocycles. The Morgan fingerprint density at radius 3 is 2.56 bits per heavy atom. The maximum atomic E-state index is 13.0. The minimum absolute atomic E-state index is 0.0875. The number of amides is 1. The van der Waals surface area contributed by atoms with Crippen molar-refractivity contribution in [3.8, 4) is 0 Å². The molecule has 3 heterocycles. The first kappa shape index (κ1) is 32.0. The monoisotopic (exact) mass is 608 g/mol. The third-order valence-electron chi connectivity index (χ3n) is 4.93. The molecular formula is C22H28ClF3N8O3S2. The van der Waals surface area contributed by atoms with E-state index in [0.717, 1.165) is 27.1 Å². The van der Waals surface area contributed by atoms with Crippen molar-refractivity contribution in [1.29, 1.82) is 0 Å². The van der Waals surface area contributed by atoms with Crippen LogP contribution < -0.4 is 16.0 Å². The molecule has 0 aliphatic rings. The van der Waals surface area contributed by atoms with Gasteiger partial charge < -0.3 is 16.0 Å². The first-order chi connectivity index (χ1) is 18.2. The highest BCUT2D eigenvalue weighted by atomic mass is 35.5. The third-order valence-corrected chi connectivity index (χ3v) is 7.19. The molecular weight excluding hydrogens is 581 g/mol. The van der Waals surface area contributed by atoms with Crippen LogP contribution in [0, 0.1) is 16.0 Å². The van der Waals surface area contributed by atoms with E-state index in [9.17, 15) is 28.1 Å². The number of thiophene rings is 1. The van der Waals surface area contributed by atoms with Crippen LogP contribution in [0.4, 0.5) is 18.9 Å². The van der Waals surface area contributed by atoms with Crippen molar-refractivity contribution in [3.63, 3.8) is 0 Å². The maximum Gasteiger partial charge on any atom is 0.435 e. The van der Waals surface area contributed by atoms with E-state index in [0.29, 0.717) is 22.6 Å². The van der Waals surface area contributed by atoms with E-state index in [1.54, 1.807) is 12.3 Å². The van der Waals surface area contributed by atoms with Crippen LogP contribution in [0.1, 0.15) is 58.9 Å². The number of anilines is 1. The molecule has 0 saturated carbocycles. The lowest BCUT2D eigenvalue weighted by Crippen LogP contribution is -2.34. The second-order valence-electron chi connectivity index (χ2n) is 8.62. The molecule has 0 fully saturated rings. The Bertz CT molecular complexity index is 1290. The van der Waals surface area contributed by atoms with Crippen LogP contribution in [0.25, 0.3) is 0 Å². The fraction of sp³-hybridized carbons (Fsp3) is 0.455. The summed E-state index contributed by atoms with van der Waals surface area (Å²) < 4.78 is 40.4. The highest BCUT2D eigenvalue weighted by Gasteiger charge is 2.39. The van der Waals surface area contributed by atoms with Gasteiger partial charge in [-0.2, -0.15) is 18.3 Å². The molecule has 0 aliphatic carbocycles. The molecule has 39 heavy (non-hydrogen) atoms. The van der Waals surface area contributed by atoms with Gasteiger partial charge >= 0.3 is 6.18 Å². The van der Waals surface area contributed by atoms with E-state index in [1.807, 2.05) is 12.3 Å². The SMILES string of the molecule is CC(C)CC(C)c1sccc1NC(=O)c1cn(C)nc1C(F)(F)F.CN/C(=N\[N+](=O)[O-])NCc1cnc(Cl)s1. The Kier molecular flexibility index (Phi) is 11.7. The zero-order valence-electron chi connectivity index (χ0n) is 21.7. The Morgan fingerprint density at radius 1 is 1.33 bits per heavy atom. The number of carbonyl (C=O) groups excluding carboxylic acids is 1. The molecule has 11 nitrogen and oxygen atoms in total. The number of aryl methyl sites for hydroxylation is 1. The van der Waals surface area contributed by atoms with Gasteiger partial charge in [-0.05, 0) is 29.7 Å². The molecule has 0 radical (unpaired) electrons. The third kappa shape index (κ3) is 10.1. The summed E-state index contributed by atoms with van der Waals surface area (Å²) in [7, 11) is 2.89. The lowest BCUT2D eigenvalue weighted by Gasteiger charge is -2.15. The van der Waals surface area contributed by atoms with E-state index in [2.05, 4.69) is 45.0 Å². The van der Waals surface area contributed by atoms with E-state index in [-0.39, 0.29) is 11.9 Å². The van der Waals surface area contributed by atoms with Gasteiger partial charge in [0, 0.05) is 36.2 Å². The van der Waals surface area contributed by atoms with Crippen LogP contribution >= 0.6 is 34.3 Å². The molecule has 1 atom stereocenters. The normalized spacial score (nSPS) is 12.5. The minimum atomic E-state index is -4.67. The van der Waals surface area contributed by atoms with Gasteiger partial charge in [-0.3, -0.25) is 9.48 Å².